The van der Waals surface area contributed by atoms with Crippen LogP contribution in [0.2, 0.25) is 10.0 Å². The fourth-order valence-electron chi connectivity index (χ4n) is 1.58. The molecule has 1 aromatic carbocycles. The first-order valence-electron chi connectivity index (χ1n) is 4.16. The SMILES string of the molecule is NCC1Cc2ccc(Cl)c(Cl)c2N1. The van der Waals surface area contributed by atoms with Crippen LogP contribution in [0.15, 0.2) is 12.1 Å². The summed E-state index contributed by atoms with van der Waals surface area (Å²) >= 11 is 11.9. The fraction of sp³-hybridized carbons (Fsp3) is 0.333. The maximum Gasteiger partial charge on any atom is 0.0826 e. The summed E-state index contributed by atoms with van der Waals surface area (Å²) < 4.78 is 0. The molecule has 1 atom stereocenters. The Hall–Kier alpha value is -0.440. The molecular weight excluding hydrogens is 207 g/mol. The van der Waals surface area contributed by atoms with Crippen molar-refractivity contribution in [3.63, 3.8) is 0 Å². The van der Waals surface area contributed by atoms with Crippen molar-refractivity contribution in [1.82, 2.24) is 0 Å². The second-order valence-corrected chi connectivity index (χ2v) is 3.96. The predicted molar refractivity (Wildman–Crippen MR) is 56.6 cm³/mol. The van der Waals surface area contributed by atoms with Gasteiger partial charge in [0.2, 0.25) is 0 Å². The van der Waals surface area contributed by atoms with Gasteiger partial charge in [-0.15, -0.1) is 0 Å². The molecule has 0 saturated carbocycles. The smallest absolute Gasteiger partial charge is 0.0826 e. The van der Waals surface area contributed by atoms with Crippen LogP contribution in [-0.4, -0.2) is 12.6 Å². The van der Waals surface area contributed by atoms with E-state index >= 15 is 0 Å². The molecule has 13 heavy (non-hydrogen) atoms. The van der Waals surface area contributed by atoms with E-state index in [1.54, 1.807) is 0 Å². The second kappa shape index (κ2) is 3.37. The number of rotatable bonds is 1. The van der Waals surface area contributed by atoms with Crippen molar-refractivity contribution < 1.29 is 0 Å². The van der Waals surface area contributed by atoms with E-state index in [0.29, 0.717) is 22.6 Å². The van der Waals surface area contributed by atoms with Gasteiger partial charge in [-0.3, -0.25) is 0 Å². The van der Waals surface area contributed by atoms with E-state index in [0.717, 1.165) is 12.1 Å². The molecule has 1 aliphatic heterocycles. The molecule has 0 saturated heterocycles. The van der Waals surface area contributed by atoms with E-state index in [1.807, 2.05) is 12.1 Å². The highest BCUT2D eigenvalue weighted by Crippen LogP contribution is 2.37. The lowest BCUT2D eigenvalue weighted by molar-refractivity contribution is 0.760. The van der Waals surface area contributed by atoms with Crippen LogP contribution in [0.25, 0.3) is 0 Å². The van der Waals surface area contributed by atoms with Gasteiger partial charge in [0.15, 0.2) is 0 Å². The van der Waals surface area contributed by atoms with Gasteiger partial charge in [0.1, 0.15) is 0 Å². The lowest BCUT2D eigenvalue weighted by Crippen LogP contribution is -2.25. The van der Waals surface area contributed by atoms with Crippen LogP contribution < -0.4 is 11.1 Å². The summed E-state index contributed by atoms with van der Waals surface area (Å²) in [7, 11) is 0. The van der Waals surface area contributed by atoms with Gasteiger partial charge < -0.3 is 11.1 Å². The number of fused-ring (bicyclic) bond motifs is 1. The zero-order valence-electron chi connectivity index (χ0n) is 6.98. The summed E-state index contributed by atoms with van der Waals surface area (Å²) in [6, 6.07) is 4.11. The van der Waals surface area contributed by atoms with E-state index in [1.165, 1.54) is 5.56 Å². The normalized spacial score (nSPS) is 19.8. The molecule has 2 rings (SSSR count). The van der Waals surface area contributed by atoms with Gasteiger partial charge in [-0.05, 0) is 18.1 Å². The molecular formula is C9H10Cl2N2. The van der Waals surface area contributed by atoms with Gasteiger partial charge in [0, 0.05) is 12.6 Å². The number of benzene rings is 1. The van der Waals surface area contributed by atoms with Gasteiger partial charge in [-0.25, -0.2) is 0 Å². The van der Waals surface area contributed by atoms with Crippen molar-refractivity contribution in [2.75, 3.05) is 11.9 Å². The minimum absolute atomic E-state index is 0.297. The van der Waals surface area contributed by atoms with E-state index in [-0.39, 0.29) is 0 Å². The Morgan fingerprint density at radius 3 is 2.92 bits per heavy atom. The Kier molecular flexibility index (Phi) is 2.37. The summed E-state index contributed by atoms with van der Waals surface area (Å²) in [6.07, 6.45) is 0.933. The highest BCUT2D eigenvalue weighted by molar-refractivity contribution is 6.43. The summed E-state index contributed by atoms with van der Waals surface area (Å²) in [4.78, 5) is 0. The number of hydrogen-bond acceptors (Lipinski definition) is 2. The van der Waals surface area contributed by atoms with Gasteiger partial charge in [-0.2, -0.15) is 0 Å². The quantitative estimate of drug-likeness (QED) is 0.757. The van der Waals surface area contributed by atoms with Gasteiger partial charge >= 0.3 is 0 Å². The molecule has 0 aromatic heterocycles. The maximum atomic E-state index is 6.03. The van der Waals surface area contributed by atoms with E-state index in [4.69, 9.17) is 28.9 Å². The molecule has 0 fully saturated rings. The molecule has 1 unspecified atom stereocenters. The van der Waals surface area contributed by atoms with Crippen molar-refractivity contribution in [1.29, 1.82) is 0 Å². The Balaban J connectivity index is 2.40. The number of nitrogens with one attached hydrogen (secondary N) is 1. The predicted octanol–water partition coefficient (Wildman–Crippen LogP) is 2.29. The average molecular weight is 217 g/mol. The van der Waals surface area contributed by atoms with Crippen LogP contribution in [0.3, 0.4) is 0 Å². The average Bonchev–Trinajstić information content (AvgIpc) is 2.55. The molecule has 0 spiro atoms. The third-order valence-corrected chi connectivity index (χ3v) is 3.08. The zero-order chi connectivity index (χ0) is 9.42. The molecule has 0 radical (unpaired) electrons. The monoisotopic (exact) mass is 216 g/mol. The molecule has 1 aliphatic rings. The Labute approximate surface area is 87.0 Å². The van der Waals surface area contributed by atoms with E-state index < -0.39 is 0 Å². The summed E-state index contributed by atoms with van der Waals surface area (Å²) in [6.45, 7) is 0.614. The van der Waals surface area contributed by atoms with Gasteiger partial charge in [-0.1, -0.05) is 29.3 Å². The number of nitrogens with two attached hydrogens (primary N) is 1. The second-order valence-electron chi connectivity index (χ2n) is 3.18. The van der Waals surface area contributed by atoms with E-state index in [9.17, 15) is 0 Å². The standard InChI is InChI=1S/C9H10Cl2N2/c10-7-2-1-5-3-6(4-12)13-9(5)8(7)11/h1-2,6,13H,3-4,12H2. The molecule has 1 aromatic rings. The van der Waals surface area contributed by atoms with Gasteiger partial charge in [0.05, 0.1) is 15.7 Å². The maximum absolute atomic E-state index is 6.03. The highest BCUT2D eigenvalue weighted by Gasteiger charge is 2.22. The Morgan fingerprint density at radius 1 is 1.46 bits per heavy atom. The first-order chi connectivity index (χ1) is 6.22. The number of hydrogen-bond donors (Lipinski definition) is 2. The van der Waals surface area contributed by atoms with Crippen LogP contribution in [0.4, 0.5) is 5.69 Å². The summed E-state index contributed by atoms with van der Waals surface area (Å²) in [5, 5.41) is 4.45. The molecule has 0 amide bonds. The fourth-order valence-corrected chi connectivity index (χ4v) is 1.98. The van der Waals surface area contributed by atoms with Crippen LogP contribution in [0, 0.1) is 0 Å². The van der Waals surface area contributed by atoms with Crippen molar-refractivity contribution >= 4 is 28.9 Å². The molecule has 1 heterocycles. The first kappa shape index (κ1) is 9.13. The zero-order valence-corrected chi connectivity index (χ0v) is 8.49. The van der Waals surface area contributed by atoms with Crippen molar-refractivity contribution in [2.45, 2.75) is 12.5 Å². The lowest BCUT2D eigenvalue weighted by atomic mass is 10.1. The van der Waals surface area contributed by atoms with Crippen LogP contribution >= 0.6 is 23.2 Å². The molecule has 0 bridgehead atoms. The first-order valence-corrected chi connectivity index (χ1v) is 4.91. The molecule has 2 nitrogen and oxygen atoms in total. The Bertz CT molecular complexity index is 339. The minimum atomic E-state index is 0.297. The van der Waals surface area contributed by atoms with Gasteiger partial charge in [0.25, 0.3) is 0 Å². The van der Waals surface area contributed by atoms with E-state index in [2.05, 4.69) is 5.32 Å². The van der Waals surface area contributed by atoms with Crippen LogP contribution in [0.5, 0.6) is 0 Å². The highest BCUT2D eigenvalue weighted by atomic mass is 35.5. The molecule has 70 valence electrons. The Morgan fingerprint density at radius 2 is 2.23 bits per heavy atom. The van der Waals surface area contributed by atoms with Crippen molar-refractivity contribution in [2.24, 2.45) is 5.73 Å². The number of halogens is 2. The minimum Gasteiger partial charge on any atom is -0.379 e. The molecule has 4 heteroatoms. The molecule has 3 N–H and O–H groups in total. The van der Waals surface area contributed by atoms with Crippen LogP contribution in [0.1, 0.15) is 5.56 Å². The summed E-state index contributed by atoms with van der Waals surface area (Å²) in [5.41, 5.74) is 7.71. The summed E-state index contributed by atoms with van der Waals surface area (Å²) in [5.74, 6) is 0. The third kappa shape index (κ3) is 1.50. The lowest BCUT2D eigenvalue weighted by Gasteiger charge is -2.07. The van der Waals surface area contributed by atoms with Crippen molar-refractivity contribution in [3.05, 3.63) is 27.7 Å². The number of anilines is 1. The third-order valence-electron chi connectivity index (χ3n) is 2.28. The largest absolute Gasteiger partial charge is 0.379 e. The topological polar surface area (TPSA) is 38.0 Å². The van der Waals surface area contributed by atoms with Crippen LogP contribution in [-0.2, 0) is 6.42 Å². The van der Waals surface area contributed by atoms with Crippen molar-refractivity contribution in [3.8, 4) is 0 Å². The molecule has 0 aliphatic carbocycles.